The molecular weight excluding hydrogens is 244 g/mol. The Morgan fingerprint density at radius 1 is 1.47 bits per heavy atom. The molecule has 1 N–H and O–H groups in total. The van der Waals surface area contributed by atoms with E-state index in [0.29, 0.717) is 6.42 Å². The third-order valence-electron chi connectivity index (χ3n) is 3.01. The van der Waals surface area contributed by atoms with Crippen LogP contribution >= 0.6 is 0 Å². The molecule has 1 heterocycles. The molecular formula is C14H16N2O3. The fourth-order valence-corrected chi connectivity index (χ4v) is 1.94. The minimum absolute atomic E-state index is 0.108. The van der Waals surface area contributed by atoms with Crippen molar-refractivity contribution >= 4 is 5.97 Å². The minimum atomic E-state index is -0.802. The Hall–Kier alpha value is -2.30. The number of rotatable bonds is 5. The summed E-state index contributed by atoms with van der Waals surface area (Å²) < 4.78 is 7.10. The van der Waals surface area contributed by atoms with Crippen LogP contribution in [0.4, 0.5) is 0 Å². The first kappa shape index (κ1) is 13.1. The quantitative estimate of drug-likeness (QED) is 0.894. The van der Waals surface area contributed by atoms with E-state index in [1.807, 2.05) is 35.9 Å². The van der Waals surface area contributed by atoms with E-state index in [0.717, 1.165) is 22.8 Å². The van der Waals surface area contributed by atoms with Gasteiger partial charge >= 0.3 is 5.97 Å². The Bertz CT molecular complexity index is 590. The van der Waals surface area contributed by atoms with Crippen molar-refractivity contribution in [2.45, 2.75) is 12.8 Å². The second-order valence-electron chi connectivity index (χ2n) is 4.26. The average Bonchev–Trinajstić information content (AvgIpc) is 2.78. The molecule has 0 bridgehead atoms. The highest BCUT2D eigenvalue weighted by Crippen LogP contribution is 2.23. The number of hydrogen-bond donors (Lipinski definition) is 1. The van der Waals surface area contributed by atoms with Gasteiger partial charge in [0, 0.05) is 24.5 Å². The van der Waals surface area contributed by atoms with Crippen LogP contribution in [0.3, 0.4) is 0 Å². The number of carboxylic acid groups (broad SMARTS) is 1. The normalized spacial score (nSPS) is 10.4. The molecule has 2 rings (SSSR count). The molecule has 0 fully saturated rings. The lowest BCUT2D eigenvalue weighted by Gasteiger charge is -2.06. The minimum Gasteiger partial charge on any atom is -0.497 e. The van der Waals surface area contributed by atoms with Crippen LogP contribution in [0.15, 0.2) is 30.5 Å². The Morgan fingerprint density at radius 3 is 2.95 bits per heavy atom. The number of nitrogens with zero attached hydrogens (tertiary/aromatic N) is 2. The summed E-state index contributed by atoms with van der Waals surface area (Å²) in [5.41, 5.74) is 1.85. The monoisotopic (exact) mass is 260 g/mol. The van der Waals surface area contributed by atoms with Crippen molar-refractivity contribution in [1.82, 2.24) is 9.55 Å². The van der Waals surface area contributed by atoms with Gasteiger partial charge in [0.05, 0.1) is 13.5 Å². The molecule has 1 aromatic carbocycles. The first-order valence-corrected chi connectivity index (χ1v) is 5.98. The van der Waals surface area contributed by atoms with E-state index in [-0.39, 0.29) is 6.42 Å². The third kappa shape index (κ3) is 2.93. The van der Waals surface area contributed by atoms with Gasteiger partial charge in [-0.2, -0.15) is 0 Å². The maximum atomic E-state index is 10.6. The second-order valence-corrected chi connectivity index (χ2v) is 4.26. The number of imidazole rings is 1. The largest absolute Gasteiger partial charge is 0.497 e. The summed E-state index contributed by atoms with van der Waals surface area (Å²) in [6.45, 7) is 0. The summed E-state index contributed by atoms with van der Waals surface area (Å²) in [5, 5.41) is 8.71. The van der Waals surface area contributed by atoms with Gasteiger partial charge in [-0.1, -0.05) is 12.1 Å². The number of methoxy groups -OCH3 is 1. The molecule has 0 amide bonds. The van der Waals surface area contributed by atoms with Gasteiger partial charge in [0.1, 0.15) is 11.6 Å². The number of aromatic nitrogens is 2. The molecule has 0 aliphatic rings. The van der Waals surface area contributed by atoms with Crippen LogP contribution in [0.1, 0.15) is 12.1 Å². The van der Waals surface area contributed by atoms with Crippen LogP contribution in [0.2, 0.25) is 0 Å². The predicted octanol–water partition coefficient (Wildman–Crippen LogP) is 2.11. The molecule has 19 heavy (non-hydrogen) atoms. The molecule has 2 aromatic rings. The van der Waals surface area contributed by atoms with E-state index in [1.54, 1.807) is 13.3 Å². The molecule has 0 unspecified atom stereocenters. The smallest absolute Gasteiger partial charge is 0.303 e. The Labute approximate surface area is 111 Å². The van der Waals surface area contributed by atoms with E-state index in [2.05, 4.69) is 4.98 Å². The fourth-order valence-electron chi connectivity index (χ4n) is 1.94. The lowest BCUT2D eigenvalue weighted by Crippen LogP contribution is -2.03. The van der Waals surface area contributed by atoms with Crippen LogP contribution in [0.25, 0.3) is 11.4 Å². The zero-order valence-electron chi connectivity index (χ0n) is 11.0. The summed E-state index contributed by atoms with van der Waals surface area (Å²) in [6, 6.07) is 7.63. The predicted molar refractivity (Wildman–Crippen MR) is 71.2 cm³/mol. The van der Waals surface area contributed by atoms with E-state index in [1.165, 1.54) is 0 Å². The first-order chi connectivity index (χ1) is 9.11. The number of aliphatic carboxylic acids is 1. The van der Waals surface area contributed by atoms with Crippen molar-refractivity contribution in [3.05, 3.63) is 36.2 Å². The van der Waals surface area contributed by atoms with Crippen molar-refractivity contribution in [3.8, 4) is 17.1 Å². The molecule has 0 spiro atoms. The molecule has 0 saturated heterocycles. The van der Waals surface area contributed by atoms with E-state index in [4.69, 9.17) is 9.84 Å². The van der Waals surface area contributed by atoms with Crippen molar-refractivity contribution in [2.75, 3.05) is 7.11 Å². The highest BCUT2D eigenvalue weighted by molar-refractivity contribution is 5.67. The van der Waals surface area contributed by atoms with Gasteiger partial charge in [0.25, 0.3) is 0 Å². The summed E-state index contributed by atoms with van der Waals surface area (Å²) in [6.07, 6.45) is 2.30. The average molecular weight is 260 g/mol. The van der Waals surface area contributed by atoms with Gasteiger partial charge in [-0.05, 0) is 18.6 Å². The number of hydrogen-bond acceptors (Lipinski definition) is 3. The standard InChI is InChI=1S/C14H16N2O3/c1-16-11(6-7-13(17)18)9-15-14(16)10-4-3-5-12(8-10)19-2/h3-5,8-9H,6-7H2,1-2H3,(H,17,18). The Balaban J connectivity index is 2.27. The van der Waals surface area contributed by atoms with Crippen molar-refractivity contribution in [2.24, 2.45) is 7.05 Å². The highest BCUT2D eigenvalue weighted by atomic mass is 16.5. The van der Waals surface area contributed by atoms with Crippen LogP contribution in [-0.2, 0) is 18.3 Å². The number of carbonyl (C=O) groups is 1. The molecule has 1 aromatic heterocycles. The van der Waals surface area contributed by atoms with Gasteiger partial charge in [-0.3, -0.25) is 4.79 Å². The van der Waals surface area contributed by atoms with E-state index < -0.39 is 5.97 Å². The van der Waals surface area contributed by atoms with Gasteiger partial charge in [0.2, 0.25) is 0 Å². The zero-order valence-corrected chi connectivity index (χ0v) is 11.0. The van der Waals surface area contributed by atoms with E-state index >= 15 is 0 Å². The van der Waals surface area contributed by atoms with Crippen LogP contribution in [0.5, 0.6) is 5.75 Å². The van der Waals surface area contributed by atoms with Crippen LogP contribution < -0.4 is 4.74 Å². The molecule has 0 aliphatic carbocycles. The van der Waals surface area contributed by atoms with Gasteiger partial charge < -0.3 is 14.4 Å². The molecule has 0 atom stereocenters. The highest BCUT2D eigenvalue weighted by Gasteiger charge is 2.10. The Morgan fingerprint density at radius 2 is 2.26 bits per heavy atom. The van der Waals surface area contributed by atoms with E-state index in [9.17, 15) is 4.79 Å². The lowest BCUT2D eigenvalue weighted by atomic mass is 10.2. The molecule has 5 nitrogen and oxygen atoms in total. The SMILES string of the molecule is COc1cccc(-c2ncc(CCC(=O)O)n2C)c1. The topological polar surface area (TPSA) is 64.3 Å². The van der Waals surface area contributed by atoms with Crippen LogP contribution in [0, 0.1) is 0 Å². The maximum Gasteiger partial charge on any atom is 0.303 e. The summed E-state index contributed by atoms with van der Waals surface area (Å²) in [5.74, 6) is 0.774. The van der Waals surface area contributed by atoms with Crippen molar-refractivity contribution < 1.29 is 14.6 Å². The summed E-state index contributed by atoms with van der Waals surface area (Å²) in [4.78, 5) is 15.0. The van der Waals surface area contributed by atoms with Gasteiger partial charge in [-0.15, -0.1) is 0 Å². The molecule has 0 radical (unpaired) electrons. The zero-order chi connectivity index (χ0) is 13.8. The fraction of sp³-hybridized carbons (Fsp3) is 0.286. The summed E-state index contributed by atoms with van der Waals surface area (Å²) in [7, 11) is 3.51. The van der Waals surface area contributed by atoms with Gasteiger partial charge in [0.15, 0.2) is 0 Å². The molecule has 100 valence electrons. The van der Waals surface area contributed by atoms with Crippen LogP contribution in [-0.4, -0.2) is 27.7 Å². The van der Waals surface area contributed by atoms with Gasteiger partial charge in [-0.25, -0.2) is 4.98 Å². The second kappa shape index (κ2) is 5.56. The maximum absolute atomic E-state index is 10.6. The molecule has 5 heteroatoms. The first-order valence-electron chi connectivity index (χ1n) is 5.98. The third-order valence-corrected chi connectivity index (χ3v) is 3.01. The Kier molecular flexibility index (Phi) is 3.85. The number of carboxylic acids is 1. The number of ether oxygens (including phenoxy) is 1. The lowest BCUT2D eigenvalue weighted by molar-refractivity contribution is -0.136. The summed E-state index contributed by atoms with van der Waals surface area (Å²) >= 11 is 0. The van der Waals surface area contributed by atoms with Crippen molar-refractivity contribution in [1.29, 1.82) is 0 Å². The number of aryl methyl sites for hydroxylation is 1. The van der Waals surface area contributed by atoms with Crippen molar-refractivity contribution in [3.63, 3.8) is 0 Å². The molecule has 0 saturated carbocycles. The molecule has 0 aliphatic heterocycles. The number of benzene rings is 1.